The molecule has 0 N–H and O–H groups in total. The molecule has 0 spiro atoms. The molecule has 2 saturated heterocycles. The van der Waals surface area contributed by atoms with Crippen molar-refractivity contribution in [3.63, 3.8) is 0 Å². The fourth-order valence-electron chi connectivity index (χ4n) is 4.12. The lowest BCUT2D eigenvalue weighted by molar-refractivity contribution is -0.130. The van der Waals surface area contributed by atoms with Gasteiger partial charge in [0, 0.05) is 49.9 Å². The Hall–Kier alpha value is -1.73. The first kappa shape index (κ1) is 16.7. The molecule has 2 aromatic rings. The van der Waals surface area contributed by atoms with Gasteiger partial charge in [0.15, 0.2) is 0 Å². The van der Waals surface area contributed by atoms with E-state index in [1.54, 1.807) is 11.3 Å². The molecule has 6 nitrogen and oxygen atoms in total. The van der Waals surface area contributed by atoms with E-state index in [9.17, 15) is 4.79 Å². The molecule has 4 rings (SSSR count). The van der Waals surface area contributed by atoms with Crippen molar-refractivity contribution in [3.05, 3.63) is 34.3 Å². The number of imidazole rings is 1. The van der Waals surface area contributed by atoms with E-state index in [2.05, 4.69) is 24.3 Å². The molecule has 0 unspecified atom stereocenters. The highest BCUT2D eigenvalue weighted by Gasteiger charge is 2.42. The standard InChI is InChI=1S/C18H25N5OS/c1-13-16(25-12-20-13)3-4-18(24)23-9-14-5-7-22(15(14)10-23)11-17-19-6-8-21(17)2/h6,8,12,14-15H,3-5,7,9-11H2,1-2H3/t14-,15+/m1/s1. The third-order valence-electron chi connectivity index (χ3n) is 5.69. The van der Waals surface area contributed by atoms with Gasteiger partial charge in [-0.3, -0.25) is 9.69 Å². The zero-order chi connectivity index (χ0) is 17.4. The van der Waals surface area contributed by atoms with Gasteiger partial charge >= 0.3 is 0 Å². The summed E-state index contributed by atoms with van der Waals surface area (Å²) in [6.45, 7) is 5.81. The van der Waals surface area contributed by atoms with Crippen LogP contribution in [0.4, 0.5) is 0 Å². The Morgan fingerprint density at radius 3 is 2.96 bits per heavy atom. The zero-order valence-electron chi connectivity index (χ0n) is 14.9. The van der Waals surface area contributed by atoms with Crippen molar-refractivity contribution in [3.8, 4) is 0 Å². The lowest BCUT2D eigenvalue weighted by Gasteiger charge is -2.24. The summed E-state index contributed by atoms with van der Waals surface area (Å²) in [5.41, 5.74) is 2.93. The van der Waals surface area contributed by atoms with Crippen LogP contribution in [0.5, 0.6) is 0 Å². The molecule has 0 aromatic carbocycles. The van der Waals surface area contributed by atoms with Gasteiger partial charge in [0.2, 0.25) is 5.91 Å². The predicted octanol–water partition coefficient (Wildman–Crippen LogP) is 1.85. The Bertz CT molecular complexity index is 754. The van der Waals surface area contributed by atoms with Crippen molar-refractivity contribution in [2.75, 3.05) is 19.6 Å². The molecule has 0 aliphatic carbocycles. The number of carbonyl (C=O) groups excluding carboxylic acids is 1. The number of fused-ring (bicyclic) bond motifs is 1. The number of nitrogens with zero attached hydrogens (tertiary/aromatic N) is 5. The topological polar surface area (TPSA) is 54.3 Å². The van der Waals surface area contributed by atoms with Gasteiger partial charge in [-0.05, 0) is 32.2 Å². The largest absolute Gasteiger partial charge is 0.341 e. The summed E-state index contributed by atoms with van der Waals surface area (Å²) < 4.78 is 2.09. The molecule has 0 saturated carbocycles. The molecule has 2 atom stereocenters. The number of amides is 1. The van der Waals surface area contributed by atoms with Gasteiger partial charge in [-0.2, -0.15) is 0 Å². The summed E-state index contributed by atoms with van der Waals surface area (Å²) in [5.74, 6) is 2.01. The summed E-state index contributed by atoms with van der Waals surface area (Å²) in [7, 11) is 2.04. The molecular formula is C18H25N5OS. The van der Waals surface area contributed by atoms with Crippen molar-refractivity contribution in [2.24, 2.45) is 13.0 Å². The van der Waals surface area contributed by atoms with Crippen LogP contribution < -0.4 is 0 Å². The number of aryl methyl sites for hydroxylation is 3. The summed E-state index contributed by atoms with van der Waals surface area (Å²) in [6.07, 6.45) is 6.45. The van der Waals surface area contributed by atoms with E-state index in [1.807, 2.05) is 31.9 Å². The third kappa shape index (κ3) is 3.35. The Morgan fingerprint density at radius 1 is 1.36 bits per heavy atom. The quantitative estimate of drug-likeness (QED) is 0.818. The summed E-state index contributed by atoms with van der Waals surface area (Å²) in [6, 6.07) is 0.491. The molecule has 4 heterocycles. The third-order valence-corrected chi connectivity index (χ3v) is 6.69. The van der Waals surface area contributed by atoms with Crippen molar-refractivity contribution >= 4 is 17.2 Å². The molecule has 134 valence electrons. The number of carbonyl (C=O) groups is 1. The first-order valence-corrected chi connectivity index (χ1v) is 9.87. The molecule has 25 heavy (non-hydrogen) atoms. The monoisotopic (exact) mass is 359 g/mol. The lowest BCUT2D eigenvalue weighted by Crippen LogP contribution is -2.37. The maximum absolute atomic E-state index is 12.6. The van der Waals surface area contributed by atoms with Crippen LogP contribution in [0.15, 0.2) is 17.9 Å². The number of aromatic nitrogens is 3. The lowest BCUT2D eigenvalue weighted by atomic mass is 10.1. The van der Waals surface area contributed by atoms with Crippen molar-refractivity contribution in [1.82, 2.24) is 24.3 Å². The van der Waals surface area contributed by atoms with E-state index >= 15 is 0 Å². The Labute approximate surface area is 152 Å². The maximum atomic E-state index is 12.6. The highest BCUT2D eigenvalue weighted by atomic mass is 32.1. The molecule has 7 heteroatoms. The fourth-order valence-corrected chi connectivity index (χ4v) is 4.91. The van der Waals surface area contributed by atoms with Crippen molar-refractivity contribution in [1.29, 1.82) is 0 Å². The van der Waals surface area contributed by atoms with E-state index < -0.39 is 0 Å². The van der Waals surface area contributed by atoms with Crippen LogP contribution in [0.3, 0.4) is 0 Å². The molecule has 2 aromatic heterocycles. The molecule has 2 fully saturated rings. The van der Waals surface area contributed by atoms with Crippen LogP contribution >= 0.6 is 11.3 Å². The van der Waals surface area contributed by atoms with Gasteiger partial charge in [0.1, 0.15) is 5.82 Å². The van der Waals surface area contributed by atoms with Crippen LogP contribution in [-0.2, 0) is 24.8 Å². The van der Waals surface area contributed by atoms with E-state index in [1.165, 1.54) is 11.3 Å². The number of rotatable bonds is 5. The van der Waals surface area contributed by atoms with Crippen LogP contribution in [0.1, 0.15) is 29.2 Å². The van der Waals surface area contributed by atoms with Crippen LogP contribution in [0.25, 0.3) is 0 Å². The summed E-state index contributed by atoms with van der Waals surface area (Å²) in [4.78, 5) is 27.2. The molecule has 2 aliphatic rings. The van der Waals surface area contributed by atoms with E-state index in [0.717, 1.165) is 44.1 Å². The first-order valence-electron chi connectivity index (χ1n) is 8.99. The summed E-state index contributed by atoms with van der Waals surface area (Å²) in [5, 5.41) is 0. The molecule has 2 aliphatic heterocycles. The zero-order valence-corrected chi connectivity index (χ0v) is 15.7. The van der Waals surface area contributed by atoms with Crippen LogP contribution in [0.2, 0.25) is 0 Å². The minimum Gasteiger partial charge on any atom is -0.341 e. The number of thiazole rings is 1. The normalized spacial score (nSPS) is 23.4. The second kappa shape index (κ2) is 6.88. The average Bonchev–Trinajstić information content (AvgIpc) is 3.34. The Kier molecular flexibility index (Phi) is 4.60. The van der Waals surface area contributed by atoms with Gasteiger partial charge in [-0.25, -0.2) is 9.97 Å². The smallest absolute Gasteiger partial charge is 0.222 e. The van der Waals surface area contributed by atoms with Gasteiger partial charge in [0.05, 0.1) is 17.7 Å². The van der Waals surface area contributed by atoms with Crippen molar-refractivity contribution < 1.29 is 4.79 Å². The second-order valence-electron chi connectivity index (χ2n) is 7.20. The number of hydrogen-bond donors (Lipinski definition) is 0. The Morgan fingerprint density at radius 2 is 2.24 bits per heavy atom. The number of hydrogen-bond acceptors (Lipinski definition) is 5. The first-order chi connectivity index (χ1) is 12.1. The Balaban J connectivity index is 1.33. The van der Waals surface area contributed by atoms with E-state index in [4.69, 9.17) is 0 Å². The SMILES string of the molecule is Cc1ncsc1CCC(=O)N1C[C@H]2CCN(Cc3nccn3C)[C@H]2C1. The molecule has 0 bridgehead atoms. The second-order valence-corrected chi connectivity index (χ2v) is 8.14. The number of likely N-dealkylation sites (tertiary alicyclic amines) is 2. The minimum absolute atomic E-state index is 0.291. The highest BCUT2D eigenvalue weighted by Crippen LogP contribution is 2.32. The predicted molar refractivity (Wildman–Crippen MR) is 97.3 cm³/mol. The van der Waals surface area contributed by atoms with E-state index in [-0.39, 0.29) is 0 Å². The van der Waals surface area contributed by atoms with Crippen LogP contribution in [-0.4, -0.2) is 55.9 Å². The van der Waals surface area contributed by atoms with E-state index in [0.29, 0.717) is 24.3 Å². The minimum atomic E-state index is 0.291. The van der Waals surface area contributed by atoms with Gasteiger partial charge in [-0.15, -0.1) is 11.3 Å². The van der Waals surface area contributed by atoms with Gasteiger partial charge < -0.3 is 9.47 Å². The average molecular weight is 359 g/mol. The highest BCUT2D eigenvalue weighted by molar-refractivity contribution is 7.09. The summed E-state index contributed by atoms with van der Waals surface area (Å²) >= 11 is 1.66. The molecule has 1 amide bonds. The molecular weight excluding hydrogens is 334 g/mol. The van der Waals surface area contributed by atoms with Crippen LogP contribution in [0, 0.1) is 12.8 Å². The molecule has 0 radical (unpaired) electrons. The van der Waals surface area contributed by atoms with Crippen molar-refractivity contribution in [2.45, 2.75) is 38.8 Å². The van der Waals surface area contributed by atoms with Gasteiger partial charge in [0.25, 0.3) is 0 Å². The maximum Gasteiger partial charge on any atom is 0.222 e. The fraction of sp³-hybridized carbons (Fsp3) is 0.611. The van der Waals surface area contributed by atoms with Gasteiger partial charge in [-0.1, -0.05) is 0 Å².